The third-order valence-electron chi connectivity index (χ3n) is 4.12. The number of nitrogens with zero attached hydrogens (tertiary/aromatic N) is 4. The van der Waals surface area contributed by atoms with E-state index in [0.717, 1.165) is 33.2 Å². The topological polar surface area (TPSA) is 93.0 Å². The van der Waals surface area contributed by atoms with Crippen molar-refractivity contribution in [2.24, 2.45) is 0 Å². The van der Waals surface area contributed by atoms with Gasteiger partial charge in [-0.25, -0.2) is 9.97 Å². The minimum Gasteiger partial charge on any atom is -0.490 e. The summed E-state index contributed by atoms with van der Waals surface area (Å²) in [5.41, 5.74) is 9.16. The molecule has 0 aliphatic carbocycles. The standard InChI is InChI=1S/C17H14N6OS/c18-10-3-4-13-12(8-10)23(5-6-24-13)17-15-11(9-19-22-15)20-16(21-17)14-2-1-7-25-14/h1-4,7-9H,5-6,18H2,(H,19,22). The molecule has 3 N–H and O–H groups in total. The van der Waals surface area contributed by atoms with Gasteiger partial charge in [-0.1, -0.05) is 6.07 Å². The van der Waals surface area contributed by atoms with E-state index in [1.165, 1.54) is 0 Å². The zero-order chi connectivity index (χ0) is 16.8. The number of hydrogen-bond donors (Lipinski definition) is 2. The molecule has 8 heteroatoms. The van der Waals surface area contributed by atoms with Gasteiger partial charge in [0, 0.05) is 5.69 Å². The largest absolute Gasteiger partial charge is 0.490 e. The first-order valence-corrected chi connectivity index (χ1v) is 8.72. The molecule has 4 aromatic rings. The minimum absolute atomic E-state index is 0.574. The van der Waals surface area contributed by atoms with Crippen molar-refractivity contribution in [3.63, 3.8) is 0 Å². The number of H-pyrrole nitrogens is 1. The van der Waals surface area contributed by atoms with Crippen molar-refractivity contribution >= 4 is 39.6 Å². The molecule has 0 atom stereocenters. The first-order chi connectivity index (χ1) is 12.3. The number of nitrogen functional groups attached to an aromatic ring is 1. The number of ether oxygens (including phenoxy) is 1. The van der Waals surface area contributed by atoms with Crippen LogP contribution in [0.15, 0.2) is 41.9 Å². The Morgan fingerprint density at radius 3 is 3.08 bits per heavy atom. The number of aromatic amines is 1. The van der Waals surface area contributed by atoms with Gasteiger partial charge in [0.1, 0.15) is 23.4 Å². The summed E-state index contributed by atoms with van der Waals surface area (Å²) in [5.74, 6) is 2.27. The predicted molar refractivity (Wildman–Crippen MR) is 98.4 cm³/mol. The molecule has 1 aliphatic heterocycles. The Hall–Kier alpha value is -3.13. The van der Waals surface area contributed by atoms with E-state index in [0.29, 0.717) is 24.7 Å². The maximum Gasteiger partial charge on any atom is 0.172 e. The molecule has 5 rings (SSSR count). The number of nitrogens with two attached hydrogens (primary N) is 1. The number of nitrogens with one attached hydrogen (secondary N) is 1. The van der Waals surface area contributed by atoms with Crippen molar-refractivity contribution in [1.29, 1.82) is 0 Å². The third kappa shape index (κ3) is 2.30. The normalized spacial score (nSPS) is 13.7. The highest BCUT2D eigenvalue weighted by atomic mass is 32.1. The Bertz CT molecular complexity index is 1060. The van der Waals surface area contributed by atoms with Crippen LogP contribution in [0.5, 0.6) is 5.75 Å². The van der Waals surface area contributed by atoms with Crippen molar-refractivity contribution < 1.29 is 4.74 Å². The lowest BCUT2D eigenvalue weighted by Crippen LogP contribution is -2.29. The van der Waals surface area contributed by atoms with Crippen molar-refractivity contribution in [1.82, 2.24) is 20.2 Å². The van der Waals surface area contributed by atoms with Crippen LogP contribution in [0.4, 0.5) is 17.2 Å². The van der Waals surface area contributed by atoms with Gasteiger partial charge in [0.05, 0.1) is 23.3 Å². The number of hydrogen-bond acceptors (Lipinski definition) is 7. The zero-order valence-electron chi connectivity index (χ0n) is 13.1. The number of anilines is 3. The average Bonchev–Trinajstić information content (AvgIpc) is 3.31. The number of thiophene rings is 1. The molecular formula is C17H14N6OS. The second-order valence-corrected chi connectivity index (χ2v) is 6.65. The Balaban J connectivity index is 1.74. The first-order valence-electron chi connectivity index (χ1n) is 7.84. The van der Waals surface area contributed by atoms with Gasteiger partial charge in [0.15, 0.2) is 11.6 Å². The zero-order valence-corrected chi connectivity index (χ0v) is 14.0. The van der Waals surface area contributed by atoms with Gasteiger partial charge in [-0.15, -0.1) is 11.3 Å². The van der Waals surface area contributed by atoms with Crippen LogP contribution in [0.2, 0.25) is 0 Å². The predicted octanol–water partition coefficient (Wildman–Crippen LogP) is 3.19. The first kappa shape index (κ1) is 14.2. The van der Waals surface area contributed by atoms with Crippen LogP contribution >= 0.6 is 11.3 Å². The Morgan fingerprint density at radius 1 is 1.24 bits per heavy atom. The van der Waals surface area contributed by atoms with E-state index in [2.05, 4.69) is 20.1 Å². The highest BCUT2D eigenvalue weighted by molar-refractivity contribution is 7.13. The summed E-state index contributed by atoms with van der Waals surface area (Å²) >= 11 is 1.61. The fraction of sp³-hybridized carbons (Fsp3) is 0.118. The highest BCUT2D eigenvalue weighted by Crippen LogP contribution is 2.39. The van der Waals surface area contributed by atoms with E-state index in [4.69, 9.17) is 15.5 Å². The fourth-order valence-corrected chi connectivity index (χ4v) is 3.65. The van der Waals surface area contributed by atoms with Gasteiger partial charge in [-0.05, 0) is 29.6 Å². The number of benzene rings is 1. The molecular weight excluding hydrogens is 336 g/mol. The van der Waals surface area contributed by atoms with Crippen LogP contribution in [-0.2, 0) is 0 Å². The molecule has 124 valence electrons. The maximum absolute atomic E-state index is 5.99. The number of rotatable bonds is 2. The smallest absolute Gasteiger partial charge is 0.172 e. The second kappa shape index (κ2) is 5.45. The van der Waals surface area contributed by atoms with Gasteiger partial charge in [-0.3, -0.25) is 5.10 Å². The van der Waals surface area contributed by atoms with E-state index in [1.807, 2.05) is 35.7 Å². The van der Waals surface area contributed by atoms with E-state index < -0.39 is 0 Å². The quantitative estimate of drug-likeness (QED) is 0.539. The van der Waals surface area contributed by atoms with Gasteiger partial charge in [-0.2, -0.15) is 5.10 Å². The third-order valence-corrected chi connectivity index (χ3v) is 4.99. The molecule has 7 nitrogen and oxygen atoms in total. The summed E-state index contributed by atoms with van der Waals surface area (Å²) in [5, 5.41) is 9.18. The molecule has 0 bridgehead atoms. The molecule has 0 saturated heterocycles. The number of fused-ring (bicyclic) bond motifs is 2. The lowest BCUT2D eigenvalue weighted by molar-refractivity contribution is 0.314. The summed E-state index contributed by atoms with van der Waals surface area (Å²) in [6.07, 6.45) is 1.72. The summed E-state index contributed by atoms with van der Waals surface area (Å²) in [4.78, 5) is 12.6. The summed E-state index contributed by atoms with van der Waals surface area (Å²) < 4.78 is 5.76. The second-order valence-electron chi connectivity index (χ2n) is 5.71. The Labute approximate surface area is 147 Å². The minimum atomic E-state index is 0.574. The van der Waals surface area contributed by atoms with Crippen molar-refractivity contribution in [2.45, 2.75) is 0 Å². The molecule has 0 spiro atoms. The number of aromatic nitrogens is 4. The Morgan fingerprint density at radius 2 is 2.20 bits per heavy atom. The van der Waals surface area contributed by atoms with E-state index in [1.54, 1.807) is 17.5 Å². The van der Waals surface area contributed by atoms with Crippen molar-refractivity contribution in [3.05, 3.63) is 41.9 Å². The van der Waals surface area contributed by atoms with Crippen LogP contribution < -0.4 is 15.4 Å². The summed E-state index contributed by atoms with van der Waals surface area (Å²) in [6, 6.07) is 9.64. The van der Waals surface area contributed by atoms with Gasteiger partial charge < -0.3 is 15.4 Å². The molecule has 0 saturated carbocycles. The maximum atomic E-state index is 5.99. The summed E-state index contributed by atoms with van der Waals surface area (Å²) in [6.45, 7) is 1.25. The Kier molecular flexibility index (Phi) is 3.10. The lowest BCUT2D eigenvalue weighted by Gasteiger charge is -2.30. The van der Waals surface area contributed by atoms with Gasteiger partial charge in [0.25, 0.3) is 0 Å². The molecule has 4 heterocycles. The molecule has 3 aromatic heterocycles. The molecule has 0 radical (unpaired) electrons. The molecule has 0 unspecified atom stereocenters. The van der Waals surface area contributed by atoms with Crippen LogP contribution in [0, 0.1) is 0 Å². The molecule has 1 aliphatic rings. The molecule has 0 fully saturated rings. The van der Waals surface area contributed by atoms with Crippen LogP contribution in [0.3, 0.4) is 0 Å². The lowest BCUT2D eigenvalue weighted by atomic mass is 10.2. The summed E-state index contributed by atoms with van der Waals surface area (Å²) in [7, 11) is 0. The van der Waals surface area contributed by atoms with Crippen LogP contribution in [0.1, 0.15) is 0 Å². The van der Waals surface area contributed by atoms with E-state index >= 15 is 0 Å². The highest BCUT2D eigenvalue weighted by Gasteiger charge is 2.24. The fourth-order valence-electron chi connectivity index (χ4n) is 2.99. The molecule has 0 amide bonds. The van der Waals surface area contributed by atoms with E-state index in [-0.39, 0.29) is 0 Å². The van der Waals surface area contributed by atoms with Crippen LogP contribution in [-0.4, -0.2) is 33.3 Å². The molecule has 25 heavy (non-hydrogen) atoms. The van der Waals surface area contributed by atoms with Crippen molar-refractivity contribution in [3.8, 4) is 16.5 Å². The average molecular weight is 350 g/mol. The monoisotopic (exact) mass is 350 g/mol. The van der Waals surface area contributed by atoms with Crippen LogP contribution in [0.25, 0.3) is 21.7 Å². The molecule has 1 aromatic carbocycles. The van der Waals surface area contributed by atoms with Gasteiger partial charge in [0.2, 0.25) is 0 Å². The van der Waals surface area contributed by atoms with Gasteiger partial charge >= 0.3 is 0 Å². The SMILES string of the molecule is Nc1ccc2c(c1)N(c1nc(-c3cccs3)nc3cn[nH]c13)CCO2. The van der Waals surface area contributed by atoms with Crippen molar-refractivity contribution in [2.75, 3.05) is 23.8 Å². The van der Waals surface area contributed by atoms with E-state index in [9.17, 15) is 0 Å².